The summed E-state index contributed by atoms with van der Waals surface area (Å²) in [6.45, 7) is 8.44. The van der Waals surface area contributed by atoms with Gasteiger partial charge < -0.3 is 10.3 Å². The van der Waals surface area contributed by atoms with Crippen molar-refractivity contribution in [3.05, 3.63) is 12.2 Å². The Kier molecular flexibility index (Phi) is 3.00. The zero-order valence-corrected chi connectivity index (χ0v) is 10.8. The summed E-state index contributed by atoms with van der Waals surface area (Å²) in [5.41, 5.74) is 7.41. The molecular formula is C12H19N5. The van der Waals surface area contributed by atoms with Crippen molar-refractivity contribution in [2.45, 2.75) is 40.2 Å². The number of rotatable bonds is 3. The van der Waals surface area contributed by atoms with Gasteiger partial charge in [-0.05, 0) is 19.3 Å². The molecule has 2 N–H and O–H groups in total. The molecule has 0 aliphatic rings. The van der Waals surface area contributed by atoms with Crippen LogP contribution in [-0.4, -0.2) is 19.5 Å². The first-order valence-corrected chi connectivity index (χ1v) is 6.01. The van der Waals surface area contributed by atoms with Gasteiger partial charge in [0.15, 0.2) is 11.5 Å². The molecule has 17 heavy (non-hydrogen) atoms. The maximum absolute atomic E-state index is 5.86. The summed E-state index contributed by atoms with van der Waals surface area (Å²) in [5.74, 6) is 1.69. The van der Waals surface area contributed by atoms with Crippen molar-refractivity contribution in [3.63, 3.8) is 0 Å². The van der Waals surface area contributed by atoms with Gasteiger partial charge in [-0.3, -0.25) is 0 Å². The quantitative estimate of drug-likeness (QED) is 0.883. The largest absolute Gasteiger partial charge is 0.382 e. The molecule has 0 amide bonds. The van der Waals surface area contributed by atoms with Gasteiger partial charge in [-0.2, -0.15) is 0 Å². The molecule has 0 bridgehead atoms. The molecule has 0 aliphatic carbocycles. The Bertz CT molecular complexity index is 529. The summed E-state index contributed by atoms with van der Waals surface area (Å²) in [7, 11) is 0. The Morgan fingerprint density at radius 2 is 2.06 bits per heavy atom. The number of fused-ring (bicyclic) bond motifs is 1. The topological polar surface area (TPSA) is 69.6 Å². The predicted molar refractivity (Wildman–Crippen MR) is 68.6 cm³/mol. The van der Waals surface area contributed by atoms with E-state index in [2.05, 4.69) is 40.3 Å². The molecule has 5 nitrogen and oxygen atoms in total. The Morgan fingerprint density at radius 1 is 1.35 bits per heavy atom. The number of imidazole rings is 1. The average molecular weight is 233 g/mol. The molecule has 1 unspecified atom stereocenters. The third kappa shape index (κ3) is 1.97. The van der Waals surface area contributed by atoms with Crippen molar-refractivity contribution in [3.8, 4) is 0 Å². The minimum atomic E-state index is 0.397. The molecule has 2 rings (SSSR count). The molecule has 0 saturated heterocycles. The Hall–Kier alpha value is -1.65. The van der Waals surface area contributed by atoms with Gasteiger partial charge in [-0.1, -0.05) is 20.8 Å². The van der Waals surface area contributed by atoms with Crippen LogP contribution in [0.2, 0.25) is 0 Å². The van der Waals surface area contributed by atoms with Crippen LogP contribution in [0.5, 0.6) is 0 Å². The van der Waals surface area contributed by atoms with Crippen LogP contribution in [0.4, 0.5) is 5.82 Å². The fourth-order valence-corrected chi connectivity index (χ4v) is 2.28. The molecule has 0 aromatic carbocycles. The lowest BCUT2D eigenvalue weighted by Crippen LogP contribution is -2.14. The SMILES string of the molecule is CCC(C(C)C)n1cnc2c(N)nc(C)nc21. The summed E-state index contributed by atoms with van der Waals surface area (Å²) in [4.78, 5) is 12.9. The van der Waals surface area contributed by atoms with Crippen LogP contribution in [0.3, 0.4) is 0 Å². The van der Waals surface area contributed by atoms with Crippen molar-refractivity contribution in [2.75, 3.05) is 5.73 Å². The van der Waals surface area contributed by atoms with E-state index in [1.807, 2.05) is 13.3 Å². The Morgan fingerprint density at radius 3 is 2.65 bits per heavy atom. The van der Waals surface area contributed by atoms with Crippen LogP contribution in [0.15, 0.2) is 6.33 Å². The molecule has 0 spiro atoms. The minimum absolute atomic E-state index is 0.397. The molecule has 92 valence electrons. The van der Waals surface area contributed by atoms with Crippen molar-refractivity contribution < 1.29 is 0 Å². The average Bonchev–Trinajstić information content (AvgIpc) is 2.63. The first-order valence-electron chi connectivity index (χ1n) is 6.01. The van der Waals surface area contributed by atoms with E-state index in [-0.39, 0.29) is 0 Å². The van der Waals surface area contributed by atoms with Gasteiger partial charge in [0.05, 0.1) is 6.33 Å². The molecule has 1 atom stereocenters. The van der Waals surface area contributed by atoms with Gasteiger partial charge in [0.25, 0.3) is 0 Å². The van der Waals surface area contributed by atoms with E-state index in [1.165, 1.54) is 0 Å². The molecule has 0 fully saturated rings. The van der Waals surface area contributed by atoms with Crippen molar-refractivity contribution in [2.24, 2.45) is 5.92 Å². The fourth-order valence-electron chi connectivity index (χ4n) is 2.28. The number of nitrogen functional groups attached to an aromatic ring is 1. The van der Waals surface area contributed by atoms with Crippen LogP contribution in [0.25, 0.3) is 11.2 Å². The van der Waals surface area contributed by atoms with Crippen molar-refractivity contribution in [1.82, 2.24) is 19.5 Å². The van der Waals surface area contributed by atoms with Crippen LogP contribution >= 0.6 is 0 Å². The first-order chi connectivity index (χ1) is 8.04. The molecule has 0 saturated carbocycles. The smallest absolute Gasteiger partial charge is 0.166 e. The second-order valence-corrected chi connectivity index (χ2v) is 4.70. The number of nitrogens with two attached hydrogens (primary N) is 1. The summed E-state index contributed by atoms with van der Waals surface area (Å²) < 4.78 is 2.12. The minimum Gasteiger partial charge on any atom is -0.382 e. The van der Waals surface area contributed by atoms with E-state index in [0.717, 1.165) is 12.1 Å². The molecule has 0 aliphatic heterocycles. The van der Waals surface area contributed by atoms with Gasteiger partial charge in [0, 0.05) is 6.04 Å². The maximum atomic E-state index is 5.86. The van der Waals surface area contributed by atoms with E-state index < -0.39 is 0 Å². The predicted octanol–water partition coefficient (Wildman–Crippen LogP) is 2.32. The highest BCUT2D eigenvalue weighted by molar-refractivity contribution is 5.81. The summed E-state index contributed by atoms with van der Waals surface area (Å²) in [6, 6.07) is 0.397. The second kappa shape index (κ2) is 4.31. The standard InChI is InChI=1S/C12H19N5/c1-5-9(7(2)3)17-6-14-10-11(13)15-8(4)16-12(10)17/h6-7,9H,5H2,1-4H3,(H2,13,15,16). The molecular weight excluding hydrogens is 214 g/mol. The van der Waals surface area contributed by atoms with Crippen LogP contribution < -0.4 is 5.73 Å². The van der Waals surface area contributed by atoms with E-state index >= 15 is 0 Å². The number of hydrogen-bond acceptors (Lipinski definition) is 4. The number of nitrogens with zero attached hydrogens (tertiary/aromatic N) is 4. The molecule has 0 radical (unpaired) electrons. The number of anilines is 1. The second-order valence-electron chi connectivity index (χ2n) is 4.70. The number of aryl methyl sites for hydroxylation is 1. The third-order valence-corrected chi connectivity index (χ3v) is 3.11. The van der Waals surface area contributed by atoms with E-state index in [9.17, 15) is 0 Å². The fraction of sp³-hybridized carbons (Fsp3) is 0.583. The number of aromatic nitrogens is 4. The summed E-state index contributed by atoms with van der Waals surface area (Å²) >= 11 is 0. The third-order valence-electron chi connectivity index (χ3n) is 3.11. The van der Waals surface area contributed by atoms with Gasteiger partial charge in [-0.25, -0.2) is 15.0 Å². The van der Waals surface area contributed by atoms with Crippen LogP contribution in [0, 0.1) is 12.8 Å². The summed E-state index contributed by atoms with van der Waals surface area (Å²) in [5, 5.41) is 0. The monoisotopic (exact) mass is 233 g/mol. The maximum Gasteiger partial charge on any atom is 0.166 e. The van der Waals surface area contributed by atoms with Crippen LogP contribution in [-0.2, 0) is 0 Å². The van der Waals surface area contributed by atoms with Crippen molar-refractivity contribution >= 4 is 17.0 Å². The van der Waals surface area contributed by atoms with E-state index in [0.29, 0.717) is 29.1 Å². The normalized spacial score (nSPS) is 13.5. The first kappa shape index (κ1) is 11.8. The molecule has 5 heteroatoms. The van der Waals surface area contributed by atoms with Gasteiger partial charge in [-0.15, -0.1) is 0 Å². The molecule has 2 aromatic rings. The highest BCUT2D eigenvalue weighted by atomic mass is 15.2. The van der Waals surface area contributed by atoms with E-state index in [4.69, 9.17) is 5.73 Å². The summed E-state index contributed by atoms with van der Waals surface area (Å²) in [6.07, 6.45) is 2.87. The van der Waals surface area contributed by atoms with Crippen LogP contribution in [0.1, 0.15) is 39.1 Å². The van der Waals surface area contributed by atoms with E-state index in [1.54, 1.807) is 0 Å². The Balaban J connectivity index is 2.63. The lowest BCUT2D eigenvalue weighted by molar-refractivity contribution is 0.372. The Labute approximate surface area is 101 Å². The van der Waals surface area contributed by atoms with Gasteiger partial charge >= 0.3 is 0 Å². The molecule has 2 heterocycles. The molecule has 2 aromatic heterocycles. The zero-order valence-electron chi connectivity index (χ0n) is 10.8. The lowest BCUT2D eigenvalue weighted by atomic mass is 10.0. The van der Waals surface area contributed by atoms with Gasteiger partial charge in [0.1, 0.15) is 11.3 Å². The zero-order chi connectivity index (χ0) is 12.6. The van der Waals surface area contributed by atoms with Gasteiger partial charge in [0.2, 0.25) is 0 Å². The highest BCUT2D eigenvalue weighted by Gasteiger charge is 2.18. The highest BCUT2D eigenvalue weighted by Crippen LogP contribution is 2.26. The number of hydrogen-bond donors (Lipinski definition) is 1. The van der Waals surface area contributed by atoms with Crippen molar-refractivity contribution in [1.29, 1.82) is 0 Å². The lowest BCUT2D eigenvalue weighted by Gasteiger charge is -2.21.